The van der Waals surface area contributed by atoms with Crippen LogP contribution in [0.2, 0.25) is 10.0 Å². The molecule has 1 heterocycles. The predicted octanol–water partition coefficient (Wildman–Crippen LogP) is 5.94. The van der Waals surface area contributed by atoms with Crippen LogP contribution in [-0.2, 0) is 0 Å². The van der Waals surface area contributed by atoms with Crippen molar-refractivity contribution < 1.29 is 9.66 Å². The summed E-state index contributed by atoms with van der Waals surface area (Å²) in [5, 5.41) is 12.2. The first kappa shape index (κ1) is 17.3. The van der Waals surface area contributed by atoms with Gasteiger partial charge in [-0.05, 0) is 29.8 Å². The molecule has 3 rings (SSSR count). The lowest BCUT2D eigenvalue weighted by molar-refractivity contribution is -0.434. The topological polar surface area (TPSA) is 52.4 Å². The Labute approximate surface area is 154 Å². The monoisotopic (exact) mass is 373 g/mol. The zero-order chi connectivity index (χ0) is 18.0. The third kappa shape index (κ3) is 3.45. The summed E-state index contributed by atoms with van der Waals surface area (Å²) in [5.41, 5.74) is 1.77. The van der Waals surface area contributed by atoms with Gasteiger partial charge in [0, 0.05) is 27.2 Å². The lowest BCUT2D eigenvalue weighted by atomic mass is 9.99. The molecule has 0 aromatic heterocycles. The first-order valence-corrected chi connectivity index (χ1v) is 8.16. The highest BCUT2D eigenvalue weighted by molar-refractivity contribution is 6.36. The Morgan fingerprint density at radius 1 is 1.20 bits per heavy atom. The quantitative estimate of drug-likeness (QED) is 0.378. The number of hydrogen-bond donors (Lipinski definition) is 0. The number of nitro groups is 1. The van der Waals surface area contributed by atoms with Gasteiger partial charge in [0.15, 0.2) is 0 Å². The summed E-state index contributed by atoms with van der Waals surface area (Å²) in [6, 6.07) is 10.4. The van der Waals surface area contributed by atoms with Gasteiger partial charge in [-0.1, -0.05) is 60.1 Å². The number of hydrogen-bond acceptors (Lipinski definition) is 3. The summed E-state index contributed by atoms with van der Waals surface area (Å²) in [5.74, 6) is 0.530. The van der Waals surface area contributed by atoms with Gasteiger partial charge in [-0.2, -0.15) is 0 Å². The molecular weight excluding hydrogens is 361 g/mol. The normalized spacial score (nSPS) is 16.1. The molecule has 0 spiro atoms. The second-order valence-corrected chi connectivity index (χ2v) is 6.17. The maximum atomic E-state index is 11.6. The van der Waals surface area contributed by atoms with E-state index >= 15 is 0 Å². The van der Waals surface area contributed by atoms with Gasteiger partial charge in [-0.25, -0.2) is 0 Å². The third-order valence-electron chi connectivity index (χ3n) is 3.75. The van der Waals surface area contributed by atoms with Crippen molar-refractivity contribution in [2.45, 2.75) is 6.10 Å². The van der Waals surface area contributed by atoms with Crippen LogP contribution in [0.15, 0.2) is 60.8 Å². The average molecular weight is 374 g/mol. The van der Waals surface area contributed by atoms with Crippen LogP contribution in [-0.4, -0.2) is 4.92 Å². The van der Waals surface area contributed by atoms with Crippen molar-refractivity contribution in [1.82, 2.24) is 0 Å². The largest absolute Gasteiger partial charge is 0.474 e. The summed E-state index contributed by atoms with van der Waals surface area (Å²) < 4.78 is 5.89. The number of nitrogens with zero attached hydrogens (tertiary/aromatic N) is 1. The van der Waals surface area contributed by atoms with E-state index in [0.29, 0.717) is 26.9 Å². The van der Waals surface area contributed by atoms with Crippen LogP contribution in [0, 0.1) is 10.1 Å². The Hall–Kier alpha value is -2.56. The predicted molar refractivity (Wildman–Crippen MR) is 100 cm³/mol. The molecule has 1 atom stereocenters. The summed E-state index contributed by atoms with van der Waals surface area (Å²) in [6.07, 6.45) is 5.82. The second-order valence-electron chi connectivity index (χ2n) is 5.35. The van der Waals surface area contributed by atoms with Gasteiger partial charge in [-0.15, -0.1) is 0 Å². The van der Waals surface area contributed by atoms with Crippen LogP contribution in [0.3, 0.4) is 0 Å². The Bertz CT molecular complexity index is 899. The first-order chi connectivity index (χ1) is 12.0. The fourth-order valence-corrected chi connectivity index (χ4v) is 3.20. The van der Waals surface area contributed by atoms with Crippen molar-refractivity contribution in [2.75, 3.05) is 0 Å². The van der Waals surface area contributed by atoms with Crippen molar-refractivity contribution in [3.05, 3.63) is 97.7 Å². The molecule has 1 unspecified atom stereocenters. The van der Waals surface area contributed by atoms with Crippen molar-refractivity contribution >= 4 is 35.4 Å². The Morgan fingerprint density at radius 2 is 1.92 bits per heavy atom. The SMILES string of the molecule is C=C/C=C\c1ccc2c(c1)C=C([N+](=O)[O-])C(c1c(Cl)cccc1Cl)O2. The average Bonchev–Trinajstić information content (AvgIpc) is 2.59. The summed E-state index contributed by atoms with van der Waals surface area (Å²) in [7, 11) is 0. The van der Waals surface area contributed by atoms with Crippen molar-refractivity contribution in [1.29, 1.82) is 0 Å². The summed E-state index contributed by atoms with van der Waals surface area (Å²) in [4.78, 5) is 11.1. The molecule has 1 aliphatic heterocycles. The van der Waals surface area contributed by atoms with Crippen molar-refractivity contribution in [3.63, 3.8) is 0 Å². The molecule has 0 amide bonds. The van der Waals surface area contributed by atoms with Crippen LogP contribution in [0.4, 0.5) is 0 Å². The number of ether oxygens (including phenoxy) is 1. The fourth-order valence-electron chi connectivity index (χ4n) is 2.61. The molecule has 2 aromatic rings. The van der Waals surface area contributed by atoms with Crippen LogP contribution < -0.4 is 4.74 Å². The van der Waals surface area contributed by atoms with E-state index in [1.165, 1.54) is 6.08 Å². The van der Waals surface area contributed by atoms with Gasteiger partial charge in [0.2, 0.25) is 6.10 Å². The van der Waals surface area contributed by atoms with Crippen LogP contribution >= 0.6 is 23.2 Å². The van der Waals surface area contributed by atoms with Gasteiger partial charge in [0.25, 0.3) is 5.70 Å². The highest BCUT2D eigenvalue weighted by Crippen LogP contribution is 2.42. The minimum Gasteiger partial charge on any atom is -0.474 e. The van der Waals surface area contributed by atoms with E-state index in [1.54, 1.807) is 36.4 Å². The van der Waals surface area contributed by atoms with Gasteiger partial charge in [0.05, 0.1) is 4.92 Å². The molecule has 126 valence electrons. The maximum Gasteiger partial charge on any atom is 0.291 e. The lowest BCUT2D eigenvalue weighted by Gasteiger charge is -2.24. The van der Waals surface area contributed by atoms with Gasteiger partial charge < -0.3 is 4.74 Å². The molecule has 0 fully saturated rings. The first-order valence-electron chi connectivity index (χ1n) is 7.41. The minimum absolute atomic E-state index is 0.118. The summed E-state index contributed by atoms with van der Waals surface area (Å²) >= 11 is 12.4. The second kappa shape index (κ2) is 7.13. The van der Waals surface area contributed by atoms with Gasteiger partial charge in [-0.3, -0.25) is 10.1 Å². The smallest absolute Gasteiger partial charge is 0.291 e. The number of halogens is 2. The number of fused-ring (bicyclic) bond motifs is 1. The third-order valence-corrected chi connectivity index (χ3v) is 4.41. The minimum atomic E-state index is -0.974. The van der Waals surface area contributed by atoms with E-state index < -0.39 is 11.0 Å². The highest BCUT2D eigenvalue weighted by Gasteiger charge is 2.36. The zero-order valence-electron chi connectivity index (χ0n) is 13.0. The van der Waals surface area contributed by atoms with Gasteiger partial charge in [0.1, 0.15) is 5.75 Å². The van der Waals surface area contributed by atoms with Crippen LogP contribution in [0.5, 0.6) is 5.75 Å². The molecule has 6 heteroatoms. The fraction of sp³-hybridized carbons (Fsp3) is 0.0526. The number of benzene rings is 2. The van der Waals surface area contributed by atoms with E-state index in [9.17, 15) is 10.1 Å². The molecule has 0 saturated carbocycles. The molecule has 0 radical (unpaired) electrons. The molecule has 0 saturated heterocycles. The molecule has 0 aliphatic carbocycles. The standard InChI is InChI=1S/C19H13Cl2NO3/c1-2-3-5-12-8-9-17-13(10-12)11-16(22(23)24)19(25-17)18-14(20)6-4-7-15(18)21/h2-11,19H,1H2/b5-3-. The molecule has 4 nitrogen and oxygen atoms in total. The molecular formula is C19H13Cl2NO3. The molecule has 0 N–H and O–H groups in total. The number of allylic oxidation sites excluding steroid dienone is 2. The lowest BCUT2D eigenvalue weighted by Crippen LogP contribution is -2.20. The van der Waals surface area contributed by atoms with Crippen molar-refractivity contribution in [2.24, 2.45) is 0 Å². The van der Waals surface area contributed by atoms with E-state index in [4.69, 9.17) is 27.9 Å². The van der Waals surface area contributed by atoms with E-state index in [1.807, 2.05) is 18.2 Å². The number of rotatable bonds is 4. The molecule has 25 heavy (non-hydrogen) atoms. The van der Waals surface area contributed by atoms with Crippen molar-refractivity contribution in [3.8, 4) is 5.75 Å². The molecule has 1 aliphatic rings. The molecule has 0 bridgehead atoms. The molecule has 2 aromatic carbocycles. The van der Waals surface area contributed by atoms with E-state index in [2.05, 4.69) is 6.58 Å². The van der Waals surface area contributed by atoms with Gasteiger partial charge >= 0.3 is 0 Å². The van der Waals surface area contributed by atoms with Crippen LogP contribution in [0.1, 0.15) is 22.8 Å². The van der Waals surface area contributed by atoms with Crippen LogP contribution in [0.25, 0.3) is 12.2 Å². The Morgan fingerprint density at radius 3 is 2.56 bits per heavy atom. The Balaban J connectivity index is 2.11. The Kier molecular flexibility index (Phi) is 4.93. The van der Waals surface area contributed by atoms with E-state index in [0.717, 1.165) is 5.56 Å². The van der Waals surface area contributed by atoms with E-state index in [-0.39, 0.29) is 5.70 Å². The highest BCUT2D eigenvalue weighted by atomic mass is 35.5. The summed E-state index contributed by atoms with van der Waals surface area (Å²) in [6.45, 7) is 3.62. The maximum absolute atomic E-state index is 11.6. The zero-order valence-corrected chi connectivity index (χ0v) is 14.5.